The molecular weight excluding hydrogens is 288 g/mol. The minimum Gasteiger partial charge on any atom is -0.419 e. The van der Waals surface area contributed by atoms with Crippen LogP contribution in [0.15, 0.2) is 53.2 Å². The molecule has 0 unspecified atom stereocenters. The summed E-state index contributed by atoms with van der Waals surface area (Å²) in [6, 6.07) is 14.0. The molecule has 2 aromatic heterocycles. The molecule has 5 nitrogen and oxygen atoms in total. The van der Waals surface area contributed by atoms with Gasteiger partial charge in [-0.2, -0.15) is 0 Å². The zero-order valence-electron chi connectivity index (χ0n) is 13.0. The van der Waals surface area contributed by atoms with Gasteiger partial charge in [-0.25, -0.2) is 4.98 Å². The molecule has 4 rings (SSSR count). The number of aryl methyl sites for hydroxylation is 2. The van der Waals surface area contributed by atoms with Gasteiger partial charge < -0.3 is 8.98 Å². The smallest absolute Gasteiger partial charge is 0.247 e. The molecule has 0 bridgehead atoms. The monoisotopic (exact) mass is 304 g/mol. The Morgan fingerprint density at radius 2 is 1.78 bits per heavy atom. The lowest BCUT2D eigenvalue weighted by Crippen LogP contribution is -1.98. The highest BCUT2D eigenvalue weighted by Crippen LogP contribution is 2.21. The van der Waals surface area contributed by atoms with Crippen LogP contribution in [0, 0.1) is 13.8 Å². The first-order chi connectivity index (χ1) is 11.2. The third kappa shape index (κ3) is 2.50. The highest BCUT2D eigenvalue weighted by atomic mass is 16.4. The summed E-state index contributed by atoms with van der Waals surface area (Å²) in [6.45, 7) is 4.71. The lowest BCUT2D eigenvalue weighted by Gasteiger charge is -2.03. The number of rotatable bonds is 3. The van der Waals surface area contributed by atoms with Crippen molar-refractivity contribution >= 4 is 11.0 Å². The number of hydrogen-bond acceptors (Lipinski definition) is 4. The maximum Gasteiger partial charge on any atom is 0.247 e. The molecule has 0 N–H and O–H groups in total. The fourth-order valence-electron chi connectivity index (χ4n) is 2.60. The van der Waals surface area contributed by atoms with E-state index in [1.54, 1.807) is 0 Å². The molecule has 0 saturated heterocycles. The molecule has 0 atom stereocenters. The molecule has 2 aromatic carbocycles. The summed E-state index contributed by atoms with van der Waals surface area (Å²) >= 11 is 0. The van der Waals surface area contributed by atoms with Gasteiger partial charge in [-0.15, -0.1) is 10.2 Å². The van der Waals surface area contributed by atoms with Gasteiger partial charge in [0.25, 0.3) is 0 Å². The van der Waals surface area contributed by atoms with Gasteiger partial charge in [0.1, 0.15) is 6.54 Å². The lowest BCUT2D eigenvalue weighted by molar-refractivity contribution is 0.491. The molecule has 0 aliphatic rings. The van der Waals surface area contributed by atoms with Gasteiger partial charge in [0.2, 0.25) is 11.8 Å². The molecule has 0 spiro atoms. The Kier molecular flexibility index (Phi) is 3.19. The number of aromatic nitrogens is 4. The highest BCUT2D eigenvalue weighted by molar-refractivity contribution is 5.77. The van der Waals surface area contributed by atoms with E-state index in [0.29, 0.717) is 18.3 Å². The van der Waals surface area contributed by atoms with E-state index in [-0.39, 0.29) is 0 Å². The second kappa shape index (κ2) is 5.35. The van der Waals surface area contributed by atoms with Crippen LogP contribution in [-0.2, 0) is 6.54 Å². The van der Waals surface area contributed by atoms with E-state index in [2.05, 4.69) is 41.2 Å². The second-order valence-electron chi connectivity index (χ2n) is 5.66. The SMILES string of the molecule is Cc1cc2ncn(Cc3nnc(-c4ccccc4)o3)c2cc1C. The van der Waals surface area contributed by atoms with Gasteiger partial charge in [-0.1, -0.05) is 18.2 Å². The molecule has 0 fully saturated rings. The molecule has 0 aliphatic carbocycles. The van der Waals surface area contributed by atoms with Crippen LogP contribution in [0.3, 0.4) is 0 Å². The predicted molar refractivity (Wildman–Crippen MR) is 88.0 cm³/mol. The van der Waals surface area contributed by atoms with Gasteiger partial charge in [0.05, 0.1) is 17.4 Å². The van der Waals surface area contributed by atoms with Crippen LogP contribution in [0.5, 0.6) is 0 Å². The van der Waals surface area contributed by atoms with Crippen molar-refractivity contribution in [2.75, 3.05) is 0 Å². The Morgan fingerprint density at radius 1 is 1.00 bits per heavy atom. The molecular formula is C18H16N4O. The minimum atomic E-state index is 0.513. The van der Waals surface area contributed by atoms with E-state index >= 15 is 0 Å². The summed E-state index contributed by atoms with van der Waals surface area (Å²) in [6.07, 6.45) is 1.82. The number of imidazole rings is 1. The van der Waals surface area contributed by atoms with E-state index in [4.69, 9.17) is 4.42 Å². The molecule has 0 amide bonds. The van der Waals surface area contributed by atoms with E-state index in [0.717, 1.165) is 16.6 Å². The van der Waals surface area contributed by atoms with Crippen LogP contribution >= 0.6 is 0 Å². The number of hydrogen-bond donors (Lipinski definition) is 0. The van der Waals surface area contributed by atoms with E-state index in [9.17, 15) is 0 Å². The molecule has 4 aromatic rings. The highest BCUT2D eigenvalue weighted by Gasteiger charge is 2.11. The Labute approximate surface area is 133 Å². The molecule has 114 valence electrons. The fraction of sp³-hybridized carbons (Fsp3) is 0.167. The standard InChI is InChI=1S/C18H16N4O/c1-12-8-15-16(9-13(12)2)22(11-19-15)10-17-20-21-18(23-17)14-6-4-3-5-7-14/h3-9,11H,10H2,1-2H3. The van der Waals surface area contributed by atoms with Crippen molar-refractivity contribution < 1.29 is 4.42 Å². The summed E-state index contributed by atoms with van der Waals surface area (Å²) in [4.78, 5) is 4.45. The lowest BCUT2D eigenvalue weighted by atomic mass is 10.1. The van der Waals surface area contributed by atoms with Crippen LogP contribution in [0.4, 0.5) is 0 Å². The van der Waals surface area contributed by atoms with Crippen LogP contribution < -0.4 is 0 Å². The van der Waals surface area contributed by atoms with E-state index < -0.39 is 0 Å². The van der Waals surface area contributed by atoms with Crippen LogP contribution in [0.1, 0.15) is 17.0 Å². The Morgan fingerprint density at radius 3 is 2.61 bits per heavy atom. The maximum atomic E-state index is 5.78. The number of fused-ring (bicyclic) bond motifs is 1. The van der Waals surface area contributed by atoms with Crippen LogP contribution in [-0.4, -0.2) is 19.7 Å². The first kappa shape index (κ1) is 13.7. The summed E-state index contributed by atoms with van der Waals surface area (Å²) < 4.78 is 7.81. The Bertz CT molecular complexity index is 969. The largest absolute Gasteiger partial charge is 0.419 e. The average molecular weight is 304 g/mol. The predicted octanol–water partition coefficient (Wildman–Crippen LogP) is 3.75. The molecule has 0 saturated carbocycles. The molecule has 0 aliphatic heterocycles. The first-order valence-electron chi connectivity index (χ1n) is 7.50. The van der Waals surface area contributed by atoms with E-state index in [1.807, 2.05) is 41.2 Å². The maximum absolute atomic E-state index is 5.78. The quantitative estimate of drug-likeness (QED) is 0.578. The van der Waals surface area contributed by atoms with Crippen molar-refractivity contribution in [1.29, 1.82) is 0 Å². The Balaban J connectivity index is 1.66. The van der Waals surface area contributed by atoms with Crippen molar-refractivity contribution in [3.63, 3.8) is 0 Å². The first-order valence-corrected chi connectivity index (χ1v) is 7.50. The topological polar surface area (TPSA) is 56.7 Å². The van der Waals surface area contributed by atoms with Crippen LogP contribution in [0.25, 0.3) is 22.5 Å². The van der Waals surface area contributed by atoms with Crippen molar-refractivity contribution in [3.05, 3.63) is 65.8 Å². The third-order valence-corrected chi connectivity index (χ3v) is 4.03. The minimum absolute atomic E-state index is 0.513. The fourth-order valence-corrected chi connectivity index (χ4v) is 2.60. The van der Waals surface area contributed by atoms with Gasteiger partial charge in [-0.3, -0.25) is 0 Å². The molecule has 2 heterocycles. The Hall–Kier alpha value is -2.95. The third-order valence-electron chi connectivity index (χ3n) is 4.03. The van der Waals surface area contributed by atoms with E-state index in [1.165, 1.54) is 11.1 Å². The molecule has 23 heavy (non-hydrogen) atoms. The number of nitrogens with zero attached hydrogens (tertiary/aromatic N) is 4. The zero-order valence-corrected chi connectivity index (χ0v) is 13.0. The average Bonchev–Trinajstić information content (AvgIpc) is 3.18. The molecule has 5 heteroatoms. The number of benzene rings is 2. The van der Waals surface area contributed by atoms with Crippen molar-refractivity contribution in [2.45, 2.75) is 20.4 Å². The normalized spacial score (nSPS) is 11.2. The van der Waals surface area contributed by atoms with Gasteiger partial charge >= 0.3 is 0 Å². The van der Waals surface area contributed by atoms with Crippen molar-refractivity contribution in [2.24, 2.45) is 0 Å². The summed E-state index contributed by atoms with van der Waals surface area (Å²) in [7, 11) is 0. The summed E-state index contributed by atoms with van der Waals surface area (Å²) in [5.41, 5.74) is 5.47. The summed E-state index contributed by atoms with van der Waals surface area (Å²) in [5, 5.41) is 8.28. The van der Waals surface area contributed by atoms with Gasteiger partial charge in [0, 0.05) is 5.56 Å². The van der Waals surface area contributed by atoms with Gasteiger partial charge in [0.15, 0.2) is 0 Å². The van der Waals surface area contributed by atoms with Crippen molar-refractivity contribution in [3.8, 4) is 11.5 Å². The summed E-state index contributed by atoms with van der Waals surface area (Å²) in [5.74, 6) is 1.11. The van der Waals surface area contributed by atoms with Crippen LogP contribution in [0.2, 0.25) is 0 Å². The zero-order chi connectivity index (χ0) is 15.8. The molecule has 0 radical (unpaired) electrons. The van der Waals surface area contributed by atoms with Crippen molar-refractivity contribution in [1.82, 2.24) is 19.7 Å². The van der Waals surface area contributed by atoms with Gasteiger partial charge in [-0.05, 0) is 49.2 Å². The second-order valence-corrected chi connectivity index (χ2v) is 5.66.